The standard InChI is InChI=1S/C25H30BN5O6/c26-20(25(35)36)5-7-22(32)29-9-2-12-37-17-4-6-21-19(13-17)18(8-10-28-21)24(34)30-15-23(33)31-11-1-3-16(31)14-27/h4,6,8,10,13,16,20H,1-3,5,7,9,11-12,15,26H2,(H,29,32)(H,30,34)(H,35,36)/t16-,20?/m0/s1. The van der Waals surface area contributed by atoms with E-state index in [4.69, 9.17) is 9.84 Å². The molecule has 0 aliphatic carbocycles. The summed E-state index contributed by atoms with van der Waals surface area (Å²) in [6.07, 6.45) is 3.91. The number of nitrogens with one attached hydrogen (secondary N) is 2. The highest BCUT2D eigenvalue weighted by atomic mass is 16.5. The molecule has 1 fully saturated rings. The zero-order chi connectivity index (χ0) is 26.8. The van der Waals surface area contributed by atoms with Gasteiger partial charge in [0.15, 0.2) is 0 Å². The molecular formula is C25H30BN5O6. The summed E-state index contributed by atoms with van der Waals surface area (Å²) in [6.45, 7) is 1.03. The number of ether oxygens (including phenoxy) is 1. The Morgan fingerprint density at radius 1 is 1.27 bits per heavy atom. The summed E-state index contributed by atoms with van der Waals surface area (Å²) in [5.41, 5.74) is 0.947. The maximum absolute atomic E-state index is 12.8. The number of carboxylic acid groups (broad SMARTS) is 1. The van der Waals surface area contributed by atoms with E-state index in [9.17, 15) is 24.4 Å². The number of amides is 3. The number of hydrogen-bond donors (Lipinski definition) is 3. The second-order valence-electron chi connectivity index (χ2n) is 8.92. The van der Waals surface area contributed by atoms with Gasteiger partial charge in [0.05, 0.1) is 30.3 Å². The third kappa shape index (κ3) is 7.67. The van der Waals surface area contributed by atoms with E-state index in [0.29, 0.717) is 54.8 Å². The number of aliphatic carboxylic acids is 1. The Labute approximate surface area is 215 Å². The van der Waals surface area contributed by atoms with Crippen LogP contribution in [0.25, 0.3) is 10.9 Å². The number of carboxylic acids is 1. The Morgan fingerprint density at radius 2 is 2.08 bits per heavy atom. The van der Waals surface area contributed by atoms with Crippen LogP contribution >= 0.6 is 0 Å². The van der Waals surface area contributed by atoms with Crippen LogP contribution in [0.4, 0.5) is 0 Å². The molecule has 2 heterocycles. The van der Waals surface area contributed by atoms with Crippen molar-refractivity contribution in [1.82, 2.24) is 20.5 Å². The van der Waals surface area contributed by atoms with E-state index in [-0.39, 0.29) is 31.2 Å². The van der Waals surface area contributed by atoms with Gasteiger partial charge in [-0.3, -0.25) is 24.2 Å². The lowest BCUT2D eigenvalue weighted by Crippen LogP contribution is -2.42. The van der Waals surface area contributed by atoms with Crippen molar-refractivity contribution in [3.05, 3.63) is 36.0 Å². The van der Waals surface area contributed by atoms with Crippen LogP contribution in [0, 0.1) is 11.3 Å². The van der Waals surface area contributed by atoms with E-state index >= 15 is 0 Å². The normalized spacial score (nSPS) is 15.5. The van der Waals surface area contributed by atoms with Gasteiger partial charge in [-0.2, -0.15) is 5.26 Å². The van der Waals surface area contributed by atoms with Crippen molar-refractivity contribution in [2.75, 3.05) is 26.2 Å². The highest BCUT2D eigenvalue weighted by Crippen LogP contribution is 2.23. The number of rotatable bonds is 12. The molecule has 0 saturated carbocycles. The molecule has 1 aliphatic rings. The third-order valence-corrected chi connectivity index (χ3v) is 6.22. The molecule has 0 bridgehead atoms. The summed E-state index contributed by atoms with van der Waals surface area (Å²) in [5, 5.41) is 24.0. The van der Waals surface area contributed by atoms with Crippen molar-refractivity contribution < 1.29 is 29.0 Å². The first-order valence-corrected chi connectivity index (χ1v) is 12.3. The number of nitrogens with zero attached hydrogens (tertiary/aromatic N) is 3. The summed E-state index contributed by atoms with van der Waals surface area (Å²) in [4.78, 5) is 53.7. The van der Waals surface area contributed by atoms with E-state index in [1.807, 2.05) is 0 Å². The molecule has 0 radical (unpaired) electrons. The maximum Gasteiger partial charge on any atom is 0.298 e. The minimum atomic E-state index is -0.920. The molecule has 1 unspecified atom stereocenters. The lowest BCUT2D eigenvalue weighted by atomic mass is 9.83. The molecule has 37 heavy (non-hydrogen) atoms. The Hall–Kier alpha value is -4.14. The Bertz CT molecular complexity index is 1200. The fourth-order valence-electron chi connectivity index (χ4n) is 4.01. The van der Waals surface area contributed by atoms with Crippen molar-refractivity contribution >= 4 is 42.4 Å². The van der Waals surface area contributed by atoms with Crippen molar-refractivity contribution in [3.8, 4) is 11.8 Å². The molecule has 194 valence electrons. The smallest absolute Gasteiger partial charge is 0.298 e. The largest absolute Gasteiger partial charge is 0.494 e. The molecule has 0 spiro atoms. The molecule has 1 aromatic heterocycles. The van der Waals surface area contributed by atoms with Crippen LogP contribution < -0.4 is 15.4 Å². The van der Waals surface area contributed by atoms with E-state index in [0.717, 1.165) is 6.42 Å². The quantitative estimate of drug-likeness (QED) is 0.279. The van der Waals surface area contributed by atoms with Gasteiger partial charge in [0, 0.05) is 36.9 Å². The van der Waals surface area contributed by atoms with E-state index in [1.54, 1.807) is 32.1 Å². The number of carbonyl (C=O) groups excluding carboxylic acids is 3. The van der Waals surface area contributed by atoms with Gasteiger partial charge in [0.25, 0.3) is 11.9 Å². The topological polar surface area (TPSA) is 162 Å². The van der Waals surface area contributed by atoms with Crippen molar-refractivity contribution in [3.63, 3.8) is 0 Å². The summed E-state index contributed by atoms with van der Waals surface area (Å²) in [6, 6.07) is 8.42. The van der Waals surface area contributed by atoms with Gasteiger partial charge in [0.1, 0.15) is 19.6 Å². The summed E-state index contributed by atoms with van der Waals surface area (Å²) < 4.78 is 5.77. The van der Waals surface area contributed by atoms with Crippen molar-refractivity contribution in [2.24, 2.45) is 0 Å². The lowest BCUT2D eigenvalue weighted by Gasteiger charge is -2.19. The number of benzene rings is 1. The average molecular weight is 507 g/mol. The highest BCUT2D eigenvalue weighted by molar-refractivity contribution is 6.22. The molecule has 1 aliphatic heterocycles. The van der Waals surface area contributed by atoms with Gasteiger partial charge in [-0.25, -0.2) is 0 Å². The van der Waals surface area contributed by atoms with Crippen LogP contribution in [0.5, 0.6) is 5.75 Å². The second-order valence-corrected chi connectivity index (χ2v) is 8.92. The van der Waals surface area contributed by atoms with Gasteiger partial charge < -0.3 is 25.4 Å². The fourth-order valence-corrected chi connectivity index (χ4v) is 4.01. The number of pyridine rings is 1. The molecule has 2 aromatic rings. The summed E-state index contributed by atoms with van der Waals surface area (Å²) >= 11 is 0. The molecule has 1 saturated heterocycles. The van der Waals surface area contributed by atoms with Gasteiger partial charge in [-0.1, -0.05) is 0 Å². The van der Waals surface area contributed by atoms with Crippen LogP contribution in [0.15, 0.2) is 30.5 Å². The van der Waals surface area contributed by atoms with Crippen LogP contribution in [-0.4, -0.2) is 78.8 Å². The van der Waals surface area contributed by atoms with Crippen LogP contribution in [-0.2, 0) is 14.4 Å². The monoisotopic (exact) mass is 507 g/mol. The average Bonchev–Trinajstić information content (AvgIpc) is 3.38. The molecule has 3 amide bonds. The number of fused-ring (bicyclic) bond motifs is 1. The number of carbonyl (C=O) groups is 4. The zero-order valence-electron chi connectivity index (χ0n) is 20.7. The number of likely N-dealkylation sites (tertiary alicyclic amines) is 1. The highest BCUT2D eigenvalue weighted by Gasteiger charge is 2.28. The maximum atomic E-state index is 12.8. The number of hydrogen-bond acceptors (Lipinski definition) is 7. The van der Waals surface area contributed by atoms with Crippen LogP contribution in [0.1, 0.15) is 42.5 Å². The second kappa shape index (κ2) is 13.2. The summed E-state index contributed by atoms with van der Waals surface area (Å²) in [7, 11) is 1.57. The van der Waals surface area contributed by atoms with E-state index < -0.39 is 23.7 Å². The zero-order valence-corrected chi connectivity index (χ0v) is 20.7. The third-order valence-electron chi connectivity index (χ3n) is 6.22. The Morgan fingerprint density at radius 3 is 2.84 bits per heavy atom. The first-order chi connectivity index (χ1) is 17.8. The molecule has 1 aromatic carbocycles. The van der Waals surface area contributed by atoms with Crippen LogP contribution in [0.2, 0.25) is 5.82 Å². The van der Waals surface area contributed by atoms with E-state index in [2.05, 4.69) is 21.7 Å². The minimum absolute atomic E-state index is 0.152. The molecule has 3 rings (SSSR count). The minimum Gasteiger partial charge on any atom is -0.494 e. The fraction of sp³-hybridized carbons (Fsp3) is 0.440. The Balaban J connectivity index is 1.50. The first-order valence-electron chi connectivity index (χ1n) is 12.3. The number of nitriles is 1. The Kier molecular flexibility index (Phi) is 9.83. The van der Waals surface area contributed by atoms with Gasteiger partial charge >= 0.3 is 0 Å². The molecular weight excluding hydrogens is 477 g/mol. The van der Waals surface area contributed by atoms with Gasteiger partial charge in [0.2, 0.25) is 11.8 Å². The first kappa shape index (κ1) is 27.5. The molecule has 12 heteroatoms. The SMILES string of the molecule is BC(CCC(=O)NCCCOc1ccc2nccc(C(=O)NCC(=O)N3CCC[C@H]3C#N)c2c1)C(=O)O. The van der Waals surface area contributed by atoms with Crippen LogP contribution in [0.3, 0.4) is 0 Å². The predicted molar refractivity (Wildman–Crippen MR) is 137 cm³/mol. The molecule has 2 atom stereocenters. The van der Waals surface area contributed by atoms with E-state index in [1.165, 1.54) is 11.1 Å². The summed E-state index contributed by atoms with van der Waals surface area (Å²) in [5.74, 6) is -1.87. The molecule has 11 nitrogen and oxygen atoms in total. The van der Waals surface area contributed by atoms with Gasteiger partial charge in [-0.05, 0) is 49.9 Å². The van der Waals surface area contributed by atoms with Gasteiger partial charge in [-0.15, -0.1) is 0 Å². The number of aromatic nitrogens is 1. The predicted octanol–water partition coefficient (Wildman–Crippen LogP) is 0.651. The molecule has 3 N–H and O–H groups in total. The van der Waals surface area contributed by atoms with Crippen molar-refractivity contribution in [1.29, 1.82) is 5.26 Å². The van der Waals surface area contributed by atoms with Crippen molar-refractivity contribution in [2.45, 2.75) is 44.0 Å². The lowest BCUT2D eigenvalue weighted by molar-refractivity contribution is -0.137.